The number of anilines is 1. The number of halogens is 2. The smallest absolute Gasteiger partial charge is 0.211 e. The standard InChI is InChI=1S/C20H20ClFN2O3S/c1-4-24(5-2)18-11-17-15(10-16(18)22)20(25)19(12-23(17)3)28(26,27)14-8-6-13(21)7-9-14/h6-12H,4-5H2,1-3H3. The van der Waals surface area contributed by atoms with Gasteiger partial charge in [-0.05, 0) is 50.2 Å². The Bertz CT molecular complexity index is 1200. The zero-order valence-corrected chi connectivity index (χ0v) is 17.3. The fourth-order valence-corrected chi connectivity index (χ4v) is 4.73. The summed E-state index contributed by atoms with van der Waals surface area (Å²) in [5.74, 6) is -0.561. The van der Waals surface area contributed by atoms with Gasteiger partial charge < -0.3 is 9.47 Å². The predicted octanol–water partition coefficient (Wildman–Crippen LogP) is 4.01. The van der Waals surface area contributed by atoms with Crippen molar-refractivity contribution in [2.45, 2.75) is 23.6 Å². The van der Waals surface area contributed by atoms with E-state index in [2.05, 4.69) is 0 Å². The van der Waals surface area contributed by atoms with E-state index in [9.17, 15) is 17.6 Å². The summed E-state index contributed by atoms with van der Waals surface area (Å²) >= 11 is 5.82. The van der Waals surface area contributed by atoms with Crippen LogP contribution in [0.1, 0.15) is 13.8 Å². The van der Waals surface area contributed by atoms with Crippen LogP contribution in [0.4, 0.5) is 10.1 Å². The molecule has 3 aromatic rings. The first-order valence-electron chi connectivity index (χ1n) is 8.79. The van der Waals surface area contributed by atoms with Crippen molar-refractivity contribution in [3.8, 4) is 0 Å². The SMILES string of the molecule is CCN(CC)c1cc2c(cc1F)c(=O)c(S(=O)(=O)c1ccc(Cl)cc1)cn2C. The number of hydrogen-bond donors (Lipinski definition) is 0. The van der Waals surface area contributed by atoms with Crippen molar-refractivity contribution in [1.29, 1.82) is 0 Å². The van der Waals surface area contributed by atoms with Crippen LogP contribution in [0, 0.1) is 5.82 Å². The van der Waals surface area contributed by atoms with Crippen molar-refractivity contribution in [3.05, 3.63) is 63.7 Å². The van der Waals surface area contributed by atoms with Gasteiger partial charge in [0.25, 0.3) is 0 Å². The molecular formula is C20H20ClFN2O3S. The molecule has 0 aliphatic carbocycles. The first-order valence-corrected chi connectivity index (χ1v) is 10.6. The molecule has 1 aromatic heterocycles. The summed E-state index contributed by atoms with van der Waals surface area (Å²) in [4.78, 5) is 14.3. The molecule has 1 heterocycles. The van der Waals surface area contributed by atoms with E-state index in [0.717, 1.165) is 6.07 Å². The van der Waals surface area contributed by atoms with Crippen molar-refractivity contribution in [2.24, 2.45) is 7.05 Å². The zero-order chi connectivity index (χ0) is 20.6. The lowest BCUT2D eigenvalue weighted by atomic mass is 10.1. The summed E-state index contributed by atoms with van der Waals surface area (Å²) in [6.45, 7) is 5.04. The lowest BCUT2D eigenvalue weighted by molar-refractivity contribution is 0.594. The van der Waals surface area contributed by atoms with Crippen LogP contribution < -0.4 is 10.3 Å². The maximum absolute atomic E-state index is 14.7. The second-order valence-corrected chi connectivity index (χ2v) is 8.74. The molecule has 0 aliphatic rings. The molecule has 0 bridgehead atoms. The fraction of sp³-hybridized carbons (Fsp3) is 0.250. The summed E-state index contributed by atoms with van der Waals surface area (Å²) in [5.41, 5.74) is 0.109. The number of benzene rings is 2. The summed E-state index contributed by atoms with van der Waals surface area (Å²) in [6.07, 6.45) is 1.28. The molecule has 0 amide bonds. The quantitative estimate of drug-likeness (QED) is 0.623. The molecule has 0 radical (unpaired) electrons. The third kappa shape index (κ3) is 3.40. The van der Waals surface area contributed by atoms with E-state index in [1.807, 2.05) is 18.7 Å². The number of pyridine rings is 1. The molecule has 0 unspecified atom stereocenters. The topological polar surface area (TPSA) is 59.4 Å². The molecule has 0 saturated carbocycles. The predicted molar refractivity (Wildman–Crippen MR) is 110 cm³/mol. The maximum atomic E-state index is 14.7. The first-order chi connectivity index (χ1) is 13.2. The first kappa shape index (κ1) is 20.4. The van der Waals surface area contributed by atoms with E-state index in [4.69, 9.17) is 11.6 Å². The molecule has 0 atom stereocenters. The largest absolute Gasteiger partial charge is 0.370 e. The lowest BCUT2D eigenvalue weighted by Crippen LogP contribution is -2.24. The Morgan fingerprint density at radius 2 is 1.71 bits per heavy atom. The molecule has 3 rings (SSSR count). The van der Waals surface area contributed by atoms with E-state index in [-0.39, 0.29) is 10.3 Å². The van der Waals surface area contributed by atoms with Crippen molar-refractivity contribution in [1.82, 2.24) is 4.57 Å². The molecule has 0 spiro atoms. The number of hydrogen-bond acceptors (Lipinski definition) is 4. The number of rotatable bonds is 5. The Morgan fingerprint density at radius 1 is 1.11 bits per heavy atom. The van der Waals surface area contributed by atoms with Crippen molar-refractivity contribution in [2.75, 3.05) is 18.0 Å². The van der Waals surface area contributed by atoms with Crippen molar-refractivity contribution in [3.63, 3.8) is 0 Å². The van der Waals surface area contributed by atoms with Crippen LogP contribution in [0.5, 0.6) is 0 Å². The van der Waals surface area contributed by atoms with Gasteiger partial charge in [-0.2, -0.15) is 0 Å². The van der Waals surface area contributed by atoms with Gasteiger partial charge in [0.1, 0.15) is 10.7 Å². The number of nitrogens with zero attached hydrogens (tertiary/aromatic N) is 2. The van der Waals surface area contributed by atoms with E-state index in [0.29, 0.717) is 29.3 Å². The van der Waals surface area contributed by atoms with Gasteiger partial charge in [-0.15, -0.1) is 0 Å². The number of sulfone groups is 1. The Balaban J connectivity index is 2.27. The molecule has 5 nitrogen and oxygen atoms in total. The Kier molecular flexibility index (Phi) is 5.50. The Labute approximate surface area is 167 Å². The van der Waals surface area contributed by atoms with Gasteiger partial charge in [-0.1, -0.05) is 11.6 Å². The van der Waals surface area contributed by atoms with Gasteiger partial charge in [0.2, 0.25) is 15.3 Å². The number of fused-ring (bicyclic) bond motifs is 1. The van der Waals surface area contributed by atoms with Gasteiger partial charge in [0, 0.05) is 31.4 Å². The second-order valence-electron chi connectivity index (χ2n) is 6.38. The minimum atomic E-state index is -4.07. The molecule has 148 valence electrons. The minimum absolute atomic E-state index is 0.0194. The summed E-state index contributed by atoms with van der Waals surface area (Å²) in [5, 5.41) is 0.405. The molecule has 8 heteroatoms. The highest BCUT2D eigenvalue weighted by Crippen LogP contribution is 2.27. The normalized spacial score (nSPS) is 11.8. The van der Waals surface area contributed by atoms with Crippen molar-refractivity contribution < 1.29 is 12.8 Å². The monoisotopic (exact) mass is 422 g/mol. The van der Waals surface area contributed by atoms with Gasteiger partial charge in [0.15, 0.2) is 0 Å². The average Bonchev–Trinajstić information content (AvgIpc) is 2.66. The molecular weight excluding hydrogens is 403 g/mol. The van der Waals surface area contributed by atoms with E-state index in [1.54, 1.807) is 13.1 Å². The third-order valence-corrected chi connectivity index (χ3v) is 6.76. The second kappa shape index (κ2) is 7.56. The molecule has 0 N–H and O–H groups in total. The highest BCUT2D eigenvalue weighted by Gasteiger charge is 2.24. The Hall–Kier alpha value is -2.38. The Morgan fingerprint density at radius 3 is 2.29 bits per heavy atom. The average molecular weight is 423 g/mol. The molecule has 0 saturated heterocycles. The highest BCUT2D eigenvalue weighted by atomic mass is 35.5. The molecule has 28 heavy (non-hydrogen) atoms. The lowest BCUT2D eigenvalue weighted by Gasteiger charge is -2.22. The van der Waals surface area contributed by atoms with Gasteiger partial charge in [-0.3, -0.25) is 4.79 Å². The zero-order valence-electron chi connectivity index (χ0n) is 15.7. The molecule has 0 fully saturated rings. The van der Waals surface area contributed by atoms with Crippen LogP contribution >= 0.6 is 11.6 Å². The van der Waals surface area contributed by atoms with Crippen molar-refractivity contribution >= 4 is 38.0 Å². The minimum Gasteiger partial charge on any atom is -0.370 e. The van der Waals surface area contributed by atoms with E-state index >= 15 is 0 Å². The van der Waals surface area contributed by atoms with E-state index < -0.39 is 26.0 Å². The molecule has 2 aromatic carbocycles. The highest BCUT2D eigenvalue weighted by molar-refractivity contribution is 7.91. The third-order valence-electron chi connectivity index (χ3n) is 4.74. The van der Waals surface area contributed by atoms with Gasteiger partial charge >= 0.3 is 0 Å². The van der Waals surface area contributed by atoms with E-state index in [1.165, 1.54) is 35.0 Å². The van der Waals surface area contributed by atoms with Crippen LogP contribution in [0.3, 0.4) is 0 Å². The van der Waals surface area contributed by atoms with Crippen LogP contribution in [-0.2, 0) is 16.9 Å². The molecule has 0 aliphatic heterocycles. The van der Waals surface area contributed by atoms with Crippen LogP contribution in [0.2, 0.25) is 5.02 Å². The summed E-state index contributed by atoms with van der Waals surface area (Å²) in [6, 6.07) is 8.26. The van der Waals surface area contributed by atoms with Gasteiger partial charge in [-0.25, -0.2) is 12.8 Å². The number of aromatic nitrogens is 1. The van der Waals surface area contributed by atoms with Crippen LogP contribution in [0.25, 0.3) is 10.9 Å². The fourth-order valence-electron chi connectivity index (χ4n) is 3.20. The number of aryl methyl sites for hydroxylation is 1. The summed E-state index contributed by atoms with van der Waals surface area (Å²) < 4.78 is 42.1. The van der Waals surface area contributed by atoms with Crippen LogP contribution in [-0.4, -0.2) is 26.1 Å². The summed E-state index contributed by atoms with van der Waals surface area (Å²) in [7, 11) is -2.44. The van der Waals surface area contributed by atoms with Crippen LogP contribution in [0.15, 0.2) is 57.2 Å². The van der Waals surface area contributed by atoms with Gasteiger partial charge in [0.05, 0.1) is 21.5 Å². The maximum Gasteiger partial charge on any atom is 0.211 e.